The number of carbonyl (C=O) groups is 1. The van der Waals surface area contributed by atoms with Crippen LogP contribution < -0.4 is 10.7 Å². The van der Waals surface area contributed by atoms with Gasteiger partial charge >= 0.3 is 6.03 Å². The number of carbonyl (C=O) groups excluding carboxylic acids is 1. The number of anilines is 1. The summed E-state index contributed by atoms with van der Waals surface area (Å²) in [5.74, 6) is 0. The maximum Gasteiger partial charge on any atom is 0.333 e. The molecular weight excluding hydrogens is 202 g/mol. The van der Waals surface area contributed by atoms with Gasteiger partial charge in [0.2, 0.25) is 0 Å². The monoisotopic (exact) mass is 213 g/mol. The summed E-state index contributed by atoms with van der Waals surface area (Å²) in [6.07, 6.45) is 0. The fraction of sp³-hybridized carbons (Fsp3) is 0.222. The highest BCUT2D eigenvalue weighted by Crippen LogP contribution is 2.14. The summed E-state index contributed by atoms with van der Waals surface area (Å²) in [4.78, 5) is 11.2. The summed E-state index contributed by atoms with van der Waals surface area (Å²) in [5, 5.41) is 4.78. The fourth-order valence-electron chi connectivity index (χ4n) is 0.928. The van der Waals surface area contributed by atoms with E-state index in [0.29, 0.717) is 10.7 Å². The number of hydrogen-bond acceptors (Lipinski definition) is 2. The van der Waals surface area contributed by atoms with E-state index in [1.54, 1.807) is 43.4 Å². The first-order valence-corrected chi connectivity index (χ1v) is 4.46. The van der Waals surface area contributed by atoms with Crippen LogP contribution in [0.25, 0.3) is 0 Å². The smallest absolute Gasteiger partial charge is 0.307 e. The summed E-state index contributed by atoms with van der Waals surface area (Å²) in [6, 6.07) is 6.67. The van der Waals surface area contributed by atoms with Crippen LogP contribution in [0.2, 0.25) is 5.02 Å². The third-order valence-electron chi connectivity index (χ3n) is 1.41. The van der Waals surface area contributed by atoms with Crippen LogP contribution in [0.4, 0.5) is 10.5 Å². The molecule has 0 fully saturated rings. The molecule has 2 amide bonds. The van der Waals surface area contributed by atoms with Crippen LogP contribution in [-0.2, 0) is 0 Å². The van der Waals surface area contributed by atoms with Gasteiger partial charge in [-0.3, -0.25) is 5.43 Å². The maximum absolute atomic E-state index is 11.2. The topological polar surface area (TPSA) is 44.4 Å². The van der Waals surface area contributed by atoms with Crippen molar-refractivity contribution in [3.05, 3.63) is 29.3 Å². The van der Waals surface area contributed by atoms with Gasteiger partial charge in [-0.2, -0.15) is 0 Å². The van der Waals surface area contributed by atoms with Crippen LogP contribution >= 0.6 is 11.6 Å². The molecule has 1 aromatic carbocycles. The molecule has 0 radical (unpaired) electrons. The average molecular weight is 214 g/mol. The Bertz CT molecular complexity index is 328. The molecule has 0 atom stereocenters. The Kier molecular flexibility index (Phi) is 3.73. The molecule has 0 bridgehead atoms. The average Bonchev–Trinajstić information content (AvgIpc) is 2.01. The maximum atomic E-state index is 11.2. The molecule has 2 N–H and O–H groups in total. The van der Waals surface area contributed by atoms with E-state index in [-0.39, 0.29) is 6.03 Å². The first-order valence-electron chi connectivity index (χ1n) is 4.08. The SMILES string of the molecule is CN(C)NC(=O)Nc1cccc(Cl)c1. The number of amides is 2. The van der Waals surface area contributed by atoms with E-state index in [2.05, 4.69) is 10.7 Å². The van der Waals surface area contributed by atoms with E-state index in [9.17, 15) is 4.79 Å². The van der Waals surface area contributed by atoms with Gasteiger partial charge in [0, 0.05) is 24.8 Å². The molecule has 0 aliphatic heterocycles. The van der Waals surface area contributed by atoms with Crippen molar-refractivity contribution in [1.82, 2.24) is 10.4 Å². The highest BCUT2D eigenvalue weighted by molar-refractivity contribution is 6.30. The Labute approximate surface area is 87.8 Å². The predicted octanol–water partition coefficient (Wildman–Crippen LogP) is 1.94. The highest BCUT2D eigenvalue weighted by Gasteiger charge is 2.01. The lowest BCUT2D eigenvalue weighted by atomic mass is 10.3. The second kappa shape index (κ2) is 4.83. The molecule has 4 nitrogen and oxygen atoms in total. The molecule has 0 aliphatic carbocycles. The van der Waals surface area contributed by atoms with Crippen LogP contribution in [0.1, 0.15) is 0 Å². The van der Waals surface area contributed by atoms with Gasteiger partial charge in [0.25, 0.3) is 0 Å². The van der Waals surface area contributed by atoms with E-state index in [1.165, 1.54) is 0 Å². The lowest BCUT2D eigenvalue weighted by Crippen LogP contribution is -2.39. The van der Waals surface area contributed by atoms with E-state index in [1.807, 2.05) is 0 Å². The van der Waals surface area contributed by atoms with Crippen molar-refractivity contribution < 1.29 is 4.79 Å². The minimum Gasteiger partial charge on any atom is -0.307 e. The summed E-state index contributed by atoms with van der Waals surface area (Å²) >= 11 is 5.75. The Morgan fingerprint density at radius 2 is 2.14 bits per heavy atom. The van der Waals surface area contributed by atoms with Gasteiger partial charge in [0.15, 0.2) is 0 Å². The highest BCUT2D eigenvalue weighted by atomic mass is 35.5. The number of rotatable bonds is 2. The Balaban J connectivity index is 2.56. The summed E-state index contributed by atoms with van der Waals surface area (Å²) in [5.41, 5.74) is 3.21. The largest absolute Gasteiger partial charge is 0.333 e. The third-order valence-corrected chi connectivity index (χ3v) is 1.64. The third kappa shape index (κ3) is 3.64. The van der Waals surface area contributed by atoms with Crippen molar-refractivity contribution in [1.29, 1.82) is 0 Å². The minimum atomic E-state index is -0.294. The van der Waals surface area contributed by atoms with E-state index < -0.39 is 0 Å². The van der Waals surface area contributed by atoms with Crippen molar-refractivity contribution in [3.63, 3.8) is 0 Å². The van der Waals surface area contributed by atoms with Crippen LogP contribution in [0.3, 0.4) is 0 Å². The number of nitrogens with one attached hydrogen (secondary N) is 2. The van der Waals surface area contributed by atoms with E-state index in [0.717, 1.165) is 0 Å². The van der Waals surface area contributed by atoms with Gasteiger partial charge in [-0.25, -0.2) is 9.80 Å². The Hall–Kier alpha value is -1.26. The van der Waals surface area contributed by atoms with Crippen molar-refractivity contribution in [2.45, 2.75) is 0 Å². The van der Waals surface area contributed by atoms with Gasteiger partial charge in [0.05, 0.1) is 0 Å². The summed E-state index contributed by atoms with van der Waals surface area (Å²) < 4.78 is 0. The second-order valence-electron chi connectivity index (χ2n) is 2.97. The first kappa shape index (κ1) is 10.8. The second-order valence-corrected chi connectivity index (χ2v) is 3.41. The molecule has 1 rings (SSSR count). The molecule has 76 valence electrons. The molecule has 14 heavy (non-hydrogen) atoms. The van der Waals surface area contributed by atoms with E-state index in [4.69, 9.17) is 11.6 Å². The van der Waals surface area contributed by atoms with Gasteiger partial charge in [-0.1, -0.05) is 17.7 Å². The van der Waals surface area contributed by atoms with E-state index >= 15 is 0 Å². The van der Waals surface area contributed by atoms with Crippen LogP contribution in [0.5, 0.6) is 0 Å². The molecule has 0 aromatic heterocycles. The lowest BCUT2D eigenvalue weighted by molar-refractivity contribution is 0.224. The van der Waals surface area contributed by atoms with Crippen molar-refractivity contribution in [2.24, 2.45) is 0 Å². The number of urea groups is 1. The quantitative estimate of drug-likeness (QED) is 0.738. The zero-order valence-corrected chi connectivity index (χ0v) is 8.80. The molecule has 0 aliphatic rings. The Morgan fingerprint density at radius 3 is 2.71 bits per heavy atom. The summed E-state index contributed by atoms with van der Waals surface area (Å²) in [7, 11) is 3.47. The fourth-order valence-corrected chi connectivity index (χ4v) is 1.12. The van der Waals surface area contributed by atoms with Gasteiger partial charge in [0.1, 0.15) is 0 Å². The number of hydrazine groups is 1. The van der Waals surface area contributed by atoms with Gasteiger partial charge in [-0.15, -0.1) is 0 Å². The van der Waals surface area contributed by atoms with Gasteiger partial charge in [-0.05, 0) is 18.2 Å². The lowest BCUT2D eigenvalue weighted by Gasteiger charge is -2.12. The molecule has 0 spiro atoms. The minimum absolute atomic E-state index is 0.294. The van der Waals surface area contributed by atoms with Crippen LogP contribution in [0, 0.1) is 0 Å². The standard InChI is InChI=1S/C9H12ClN3O/c1-13(2)12-9(14)11-8-5-3-4-7(10)6-8/h3-6H,1-2H3,(H2,11,12,14). The summed E-state index contributed by atoms with van der Waals surface area (Å²) in [6.45, 7) is 0. The number of hydrogen-bond donors (Lipinski definition) is 2. The molecule has 0 unspecified atom stereocenters. The molecule has 0 saturated heterocycles. The molecular formula is C9H12ClN3O. The zero-order chi connectivity index (χ0) is 10.6. The molecule has 1 aromatic rings. The van der Waals surface area contributed by atoms with Gasteiger partial charge < -0.3 is 5.32 Å². The molecule has 0 heterocycles. The zero-order valence-electron chi connectivity index (χ0n) is 8.04. The predicted molar refractivity (Wildman–Crippen MR) is 57.3 cm³/mol. The number of halogens is 1. The number of benzene rings is 1. The van der Waals surface area contributed by atoms with Crippen LogP contribution in [0.15, 0.2) is 24.3 Å². The molecule has 0 saturated carbocycles. The van der Waals surface area contributed by atoms with Crippen molar-refractivity contribution in [3.8, 4) is 0 Å². The van der Waals surface area contributed by atoms with Crippen LogP contribution in [-0.4, -0.2) is 25.1 Å². The van der Waals surface area contributed by atoms with Crippen molar-refractivity contribution >= 4 is 23.3 Å². The molecule has 5 heteroatoms. The Morgan fingerprint density at radius 1 is 1.43 bits per heavy atom. The number of nitrogens with zero attached hydrogens (tertiary/aromatic N) is 1. The first-order chi connectivity index (χ1) is 6.58. The normalized spacial score (nSPS) is 10.0. The van der Waals surface area contributed by atoms with Crippen molar-refractivity contribution in [2.75, 3.05) is 19.4 Å².